The van der Waals surface area contributed by atoms with Gasteiger partial charge in [0.2, 0.25) is 0 Å². The van der Waals surface area contributed by atoms with Crippen LogP contribution in [-0.2, 0) is 4.84 Å². The van der Waals surface area contributed by atoms with Gasteiger partial charge in [0.25, 0.3) is 0 Å². The highest BCUT2D eigenvalue weighted by atomic mass is 79.9. The summed E-state index contributed by atoms with van der Waals surface area (Å²) in [5, 5.41) is 5.95. The van der Waals surface area contributed by atoms with Crippen LogP contribution in [0, 0.1) is 0 Å². The Balaban J connectivity index is 1.71. The van der Waals surface area contributed by atoms with Crippen molar-refractivity contribution < 1.29 is 9.63 Å². The molecule has 0 saturated heterocycles. The van der Waals surface area contributed by atoms with Crippen LogP contribution in [0.4, 0.5) is 0 Å². The summed E-state index contributed by atoms with van der Waals surface area (Å²) < 4.78 is 0.670. The standard InChI is InChI=1S/C19H11BrN2O2/c20-14-8-3-1-6-12(14)19(23)24-22-17-11-5-10-16-18(17)13-7-2-4-9-15(13)21-16/h1-11H. The van der Waals surface area contributed by atoms with Crippen LogP contribution in [0.5, 0.6) is 0 Å². The summed E-state index contributed by atoms with van der Waals surface area (Å²) in [6, 6.07) is 14.9. The molecule has 0 radical (unpaired) electrons. The lowest BCUT2D eigenvalue weighted by Crippen LogP contribution is -2.24. The predicted octanol–water partition coefficient (Wildman–Crippen LogP) is 2.90. The number of hydrogen-bond donors (Lipinski definition) is 0. The molecule has 0 fully saturated rings. The smallest absolute Gasteiger partial charge is 0.312 e. The van der Waals surface area contributed by atoms with E-state index in [4.69, 9.17) is 4.84 Å². The molecule has 2 aliphatic rings. The van der Waals surface area contributed by atoms with Crippen molar-refractivity contribution in [2.75, 3.05) is 0 Å². The first-order chi connectivity index (χ1) is 11.7. The summed E-state index contributed by atoms with van der Waals surface area (Å²) in [5.41, 5.74) is 2.72. The van der Waals surface area contributed by atoms with Crippen LogP contribution in [-0.4, -0.2) is 11.7 Å². The molecule has 0 atom stereocenters. The summed E-state index contributed by atoms with van der Waals surface area (Å²) >= 11 is 3.34. The van der Waals surface area contributed by atoms with Gasteiger partial charge in [-0.25, -0.2) is 9.79 Å². The van der Waals surface area contributed by atoms with E-state index in [1.807, 2.05) is 48.6 Å². The number of carbonyl (C=O) groups is 1. The molecule has 4 rings (SSSR count). The number of benzene rings is 2. The number of halogens is 1. The van der Waals surface area contributed by atoms with Crippen molar-refractivity contribution in [1.29, 1.82) is 0 Å². The van der Waals surface area contributed by atoms with E-state index >= 15 is 0 Å². The van der Waals surface area contributed by atoms with Gasteiger partial charge in [0, 0.05) is 15.3 Å². The highest BCUT2D eigenvalue weighted by Crippen LogP contribution is 2.22. The van der Waals surface area contributed by atoms with Crippen molar-refractivity contribution in [2.45, 2.75) is 0 Å². The molecular formula is C19H11BrN2O2. The fraction of sp³-hybridized carbons (Fsp3) is 0. The summed E-state index contributed by atoms with van der Waals surface area (Å²) in [5.74, 6) is -0.511. The maximum absolute atomic E-state index is 12.2. The quantitative estimate of drug-likeness (QED) is 0.595. The second-order valence-corrected chi connectivity index (χ2v) is 6.10. The van der Waals surface area contributed by atoms with E-state index in [0.29, 0.717) is 15.7 Å². The fourth-order valence-corrected chi connectivity index (χ4v) is 3.10. The van der Waals surface area contributed by atoms with Crippen molar-refractivity contribution in [3.05, 3.63) is 93.1 Å². The molecule has 0 spiro atoms. The van der Waals surface area contributed by atoms with Crippen LogP contribution in [0.3, 0.4) is 0 Å². The number of allylic oxidation sites excluding steroid dienone is 4. The van der Waals surface area contributed by atoms with E-state index in [1.165, 1.54) is 0 Å². The van der Waals surface area contributed by atoms with Crippen molar-refractivity contribution in [3.8, 4) is 0 Å². The van der Waals surface area contributed by atoms with Gasteiger partial charge in [-0.15, -0.1) is 0 Å². The lowest BCUT2D eigenvalue weighted by molar-refractivity contribution is 0.0516. The molecule has 0 saturated carbocycles. The molecule has 1 heterocycles. The van der Waals surface area contributed by atoms with Crippen LogP contribution in [0.25, 0.3) is 5.57 Å². The van der Waals surface area contributed by atoms with Crippen molar-refractivity contribution in [3.63, 3.8) is 0 Å². The normalized spacial score (nSPS) is 16.3. The molecule has 1 aliphatic heterocycles. The molecule has 4 nitrogen and oxygen atoms in total. The minimum Gasteiger partial charge on any atom is -0.312 e. The van der Waals surface area contributed by atoms with E-state index in [0.717, 1.165) is 21.8 Å². The van der Waals surface area contributed by atoms with E-state index < -0.39 is 5.97 Å². The molecule has 0 aromatic heterocycles. The van der Waals surface area contributed by atoms with Gasteiger partial charge in [0.1, 0.15) is 5.71 Å². The van der Waals surface area contributed by atoms with Gasteiger partial charge in [0.05, 0.1) is 16.6 Å². The van der Waals surface area contributed by atoms with Crippen molar-refractivity contribution >= 4 is 33.2 Å². The molecule has 0 N–H and O–H groups in total. The number of carbonyl (C=O) groups excluding carboxylic acids is 1. The largest absolute Gasteiger partial charge is 0.366 e. The zero-order chi connectivity index (χ0) is 16.5. The molecule has 116 valence electrons. The number of hydrogen-bond acceptors (Lipinski definition) is 4. The zero-order valence-corrected chi connectivity index (χ0v) is 14.0. The zero-order valence-electron chi connectivity index (χ0n) is 12.4. The summed E-state index contributed by atoms with van der Waals surface area (Å²) in [6.07, 6.45) is 5.58. The number of fused-ring (bicyclic) bond motifs is 2. The first kappa shape index (κ1) is 14.8. The Hall–Kier alpha value is -2.79. The first-order valence-electron chi connectivity index (χ1n) is 7.35. The lowest BCUT2D eigenvalue weighted by atomic mass is 10.0. The van der Waals surface area contributed by atoms with Crippen molar-refractivity contribution in [1.82, 2.24) is 0 Å². The Kier molecular flexibility index (Phi) is 3.70. The van der Waals surface area contributed by atoms with Gasteiger partial charge in [-0.2, -0.15) is 0 Å². The molecule has 1 aliphatic carbocycles. The van der Waals surface area contributed by atoms with Crippen LogP contribution >= 0.6 is 15.9 Å². The van der Waals surface area contributed by atoms with Crippen LogP contribution in [0.1, 0.15) is 10.4 Å². The Morgan fingerprint density at radius 1 is 1.08 bits per heavy atom. The van der Waals surface area contributed by atoms with E-state index in [-0.39, 0.29) is 0 Å². The average Bonchev–Trinajstić information content (AvgIpc) is 2.99. The summed E-state index contributed by atoms with van der Waals surface area (Å²) in [7, 11) is 0. The molecule has 5 heteroatoms. The molecule has 0 bridgehead atoms. The molecule has 24 heavy (non-hydrogen) atoms. The van der Waals surface area contributed by atoms with E-state index in [1.54, 1.807) is 18.2 Å². The summed E-state index contributed by atoms with van der Waals surface area (Å²) in [4.78, 5) is 21.9. The number of oxime groups is 1. The minimum atomic E-state index is -0.511. The fourth-order valence-electron chi connectivity index (χ4n) is 2.65. The highest BCUT2D eigenvalue weighted by molar-refractivity contribution is 9.10. The van der Waals surface area contributed by atoms with Gasteiger partial charge in [-0.05, 0) is 46.3 Å². The monoisotopic (exact) mass is 378 g/mol. The number of para-hydroxylation sites is 1. The Morgan fingerprint density at radius 2 is 1.88 bits per heavy atom. The third-order valence-electron chi connectivity index (χ3n) is 3.76. The average molecular weight is 379 g/mol. The van der Waals surface area contributed by atoms with Gasteiger partial charge in [0.15, 0.2) is 0 Å². The first-order valence-corrected chi connectivity index (χ1v) is 8.14. The van der Waals surface area contributed by atoms with Crippen molar-refractivity contribution in [2.24, 2.45) is 10.1 Å². The van der Waals surface area contributed by atoms with Gasteiger partial charge < -0.3 is 4.84 Å². The Bertz CT molecular complexity index is 1060. The second kappa shape index (κ2) is 6.02. The van der Waals surface area contributed by atoms with Gasteiger partial charge >= 0.3 is 5.97 Å². The Labute approximate surface area is 146 Å². The lowest BCUT2D eigenvalue weighted by Gasteiger charge is -2.08. The maximum Gasteiger partial charge on any atom is 0.366 e. The second-order valence-electron chi connectivity index (χ2n) is 5.25. The third kappa shape index (κ3) is 2.53. The summed E-state index contributed by atoms with van der Waals surface area (Å²) in [6.45, 7) is 0. The third-order valence-corrected chi connectivity index (χ3v) is 4.45. The molecule has 0 unspecified atom stereocenters. The van der Waals surface area contributed by atoms with Crippen LogP contribution in [0.15, 0.2) is 87.1 Å². The maximum atomic E-state index is 12.2. The number of nitrogens with zero attached hydrogens (tertiary/aromatic N) is 2. The SMILES string of the molecule is O=C(ON=C1C=CC=C2N=c3ccccc3=C21)c1ccccc1Br. The van der Waals surface area contributed by atoms with E-state index in [9.17, 15) is 4.79 Å². The molecule has 2 aromatic carbocycles. The molecule has 2 aromatic rings. The van der Waals surface area contributed by atoms with E-state index in [2.05, 4.69) is 26.1 Å². The molecule has 0 amide bonds. The van der Waals surface area contributed by atoms with Gasteiger partial charge in [-0.1, -0.05) is 41.6 Å². The van der Waals surface area contributed by atoms with Gasteiger partial charge in [-0.3, -0.25) is 0 Å². The van der Waals surface area contributed by atoms with Crippen LogP contribution in [0.2, 0.25) is 0 Å². The highest BCUT2D eigenvalue weighted by Gasteiger charge is 2.20. The molecular weight excluding hydrogens is 368 g/mol. The minimum absolute atomic E-state index is 0.430. The Morgan fingerprint density at radius 3 is 2.75 bits per heavy atom. The topological polar surface area (TPSA) is 51.0 Å². The van der Waals surface area contributed by atoms with Crippen LogP contribution < -0.4 is 10.6 Å². The number of rotatable bonds is 2. The predicted molar refractivity (Wildman–Crippen MR) is 94.8 cm³/mol.